The molecule has 6 nitrogen and oxygen atoms in total. The summed E-state index contributed by atoms with van der Waals surface area (Å²) in [6.45, 7) is 7.16. The van der Waals surface area contributed by atoms with Crippen LogP contribution in [0.15, 0.2) is 30.3 Å². The van der Waals surface area contributed by atoms with Crippen LogP contribution in [-0.4, -0.2) is 22.8 Å². The summed E-state index contributed by atoms with van der Waals surface area (Å²) in [4.78, 5) is 35.0. The van der Waals surface area contributed by atoms with Crippen molar-refractivity contribution in [3.05, 3.63) is 73.3 Å². The van der Waals surface area contributed by atoms with Gasteiger partial charge in [-0.25, -0.2) is 4.79 Å². The molecule has 26 heavy (non-hydrogen) atoms. The Hall–Kier alpha value is -2.73. The molecule has 136 valence electrons. The van der Waals surface area contributed by atoms with E-state index < -0.39 is 17.0 Å². The molecule has 2 rings (SSSR count). The third-order valence-corrected chi connectivity index (χ3v) is 4.46. The van der Waals surface area contributed by atoms with Gasteiger partial charge in [-0.1, -0.05) is 17.7 Å². The van der Waals surface area contributed by atoms with Gasteiger partial charge in [0.15, 0.2) is 6.10 Å². The SMILES string of the molecule is Cc1cc(C)c(C(=O)C(C)OC(=O)c2ccc([N+](=O)[O-])cc2Cl)cc1C. The van der Waals surface area contributed by atoms with Gasteiger partial charge >= 0.3 is 5.97 Å². The van der Waals surface area contributed by atoms with Gasteiger partial charge in [-0.05, 0) is 56.5 Å². The number of hydrogen-bond donors (Lipinski definition) is 0. The third kappa shape index (κ3) is 4.08. The molecule has 0 aliphatic heterocycles. The molecular formula is C19H18ClNO5. The molecule has 0 aliphatic carbocycles. The maximum Gasteiger partial charge on any atom is 0.340 e. The van der Waals surface area contributed by atoms with E-state index in [-0.39, 0.29) is 22.1 Å². The summed E-state index contributed by atoms with van der Waals surface area (Å²) in [5, 5.41) is 10.6. The Morgan fingerprint density at radius 3 is 2.23 bits per heavy atom. The van der Waals surface area contributed by atoms with Crippen molar-refractivity contribution in [1.82, 2.24) is 0 Å². The molecule has 0 bridgehead atoms. The molecule has 0 aromatic heterocycles. The van der Waals surface area contributed by atoms with E-state index in [0.29, 0.717) is 5.56 Å². The number of nitrogens with zero attached hydrogens (tertiary/aromatic N) is 1. The number of nitro benzene ring substituents is 1. The maximum atomic E-state index is 12.6. The number of carbonyl (C=O) groups is 2. The van der Waals surface area contributed by atoms with Gasteiger partial charge in [0.25, 0.3) is 5.69 Å². The van der Waals surface area contributed by atoms with E-state index in [0.717, 1.165) is 28.8 Å². The van der Waals surface area contributed by atoms with Gasteiger partial charge in [0, 0.05) is 17.7 Å². The number of ketones is 1. The number of nitro groups is 1. The first-order valence-corrected chi connectivity index (χ1v) is 8.26. The molecule has 0 N–H and O–H groups in total. The van der Waals surface area contributed by atoms with Gasteiger partial charge in [-0.15, -0.1) is 0 Å². The standard InChI is InChI=1S/C19H18ClNO5/c1-10-7-12(3)16(8-11(10)2)18(22)13(4)26-19(23)15-6-5-14(21(24)25)9-17(15)20/h5-9,13H,1-4H3. The van der Waals surface area contributed by atoms with Crippen molar-refractivity contribution in [3.63, 3.8) is 0 Å². The third-order valence-electron chi connectivity index (χ3n) is 4.14. The van der Waals surface area contributed by atoms with Crippen LogP contribution < -0.4 is 0 Å². The Balaban J connectivity index is 2.20. The van der Waals surface area contributed by atoms with Crippen LogP contribution in [-0.2, 0) is 4.74 Å². The van der Waals surface area contributed by atoms with E-state index in [9.17, 15) is 19.7 Å². The van der Waals surface area contributed by atoms with E-state index in [1.165, 1.54) is 13.0 Å². The molecule has 0 heterocycles. The molecule has 7 heteroatoms. The minimum atomic E-state index is -1.02. The number of Topliss-reactive ketones (excluding diaryl/α,β-unsaturated/α-hetero) is 1. The summed E-state index contributed by atoms with van der Waals surface area (Å²) in [6, 6.07) is 7.11. The zero-order valence-electron chi connectivity index (χ0n) is 14.8. The average Bonchev–Trinajstić information content (AvgIpc) is 2.57. The summed E-state index contributed by atoms with van der Waals surface area (Å²) in [6.07, 6.45) is -1.02. The van der Waals surface area contributed by atoms with Crippen molar-refractivity contribution < 1.29 is 19.2 Å². The second kappa shape index (κ2) is 7.66. The zero-order chi connectivity index (χ0) is 19.6. The minimum Gasteiger partial charge on any atom is -0.451 e. The first-order valence-electron chi connectivity index (χ1n) is 7.88. The van der Waals surface area contributed by atoms with E-state index in [2.05, 4.69) is 0 Å². The van der Waals surface area contributed by atoms with Gasteiger partial charge in [0.05, 0.1) is 15.5 Å². The Morgan fingerprint density at radius 2 is 1.65 bits per heavy atom. The van der Waals surface area contributed by atoms with Crippen LogP contribution in [0.5, 0.6) is 0 Å². The number of esters is 1. The van der Waals surface area contributed by atoms with Crippen molar-refractivity contribution in [2.75, 3.05) is 0 Å². The van der Waals surface area contributed by atoms with Crippen LogP contribution in [0.4, 0.5) is 5.69 Å². The second-order valence-corrected chi connectivity index (χ2v) is 6.49. The lowest BCUT2D eigenvalue weighted by atomic mass is 9.96. The predicted octanol–water partition coefficient (Wildman–Crippen LogP) is 4.60. The van der Waals surface area contributed by atoms with Crippen molar-refractivity contribution >= 4 is 29.0 Å². The molecule has 2 aromatic rings. The van der Waals surface area contributed by atoms with Crippen molar-refractivity contribution in [2.24, 2.45) is 0 Å². The largest absolute Gasteiger partial charge is 0.451 e. The maximum absolute atomic E-state index is 12.6. The zero-order valence-corrected chi connectivity index (χ0v) is 15.6. The van der Waals surface area contributed by atoms with Crippen molar-refractivity contribution in [1.29, 1.82) is 0 Å². The first kappa shape index (κ1) is 19.6. The smallest absolute Gasteiger partial charge is 0.340 e. The molecule has 0 aliphatic rings. The fraction of sp³-hybridized carbons (Fsp3) is 0.263. The highest BCUT2D eigenvalue weighted by Gasteiger charge is 2.24. The van der Waals surface area contributed by atoms with E-state index >= 15 is 0 Å². The lowest BCUT2D eigenvalue weighted by molar-refractivity contribution is -0.384. The predicted molar refractivity (Wildman–Crippen MR) is 98.0 cm³/mol. The fourth-order valence-electron chi connectivity index (χ4n) is 2.51. The molecule has 1 atom stereocenters. The van der Waals surface area contributed by atoms with Gasteiger partial charge in [-0.3, -0.25) is 14.9 Å². The molecular weight excluding hydrogens is 358 g/mol. The van der Waals surface area contributed by atoms with Crippen LogP contribution in [0.25, 0.3) is 0 Å². The number of non-ortho nitro benzene ring substituents is 1. The van der Waals surface area contributed by atoms with Gasteiger partial charge in [-0.2, -0.15) is 0 Å². The second-order valence-electron chi connectivity index (χ2n) is 6.08. The number of halogens is 1. The summed E-state index contributed by atoms with van der Waals surface area (Å²) in [5.74, 6) is -1.13. The number of rotatable bonds is 5. The lowest BCUT2D eigenvalue weighted by Crippen LogP contribution is -2.25. The Bertz CT molecular complexity index is 907. The highest BCUT2D eigenvalue weighted by molar-refractivity contribution is 6.33. The van der Waals surface area contributed by atoms with Crippen LogP contribution in [0.1, 0.15) is 44.3 Å². The Morgan fingerprint density at radius 1 is 1.04 bits per heavy atom. The van der Waals surface area contributed by atoms with E-state index in [4.69, 9.17) is 16.3 Å². The lowest BCUT2D eigenvalue weighted by Gasteiger charge is -2.15. The van der Waals surface area contributed by atoms with Crippen LogP contribution in [0, 0.1) is 30.9 Å². The minimum absolute atomic E-state index is 0.0336. The molecule has 0 saturated heterocycles. The van der Waals surface area contributed by atoms with Crippen LogP contribution in [0.2, 0.25) is 5.02 Å². The number of aryl methyl sites for hydroxylation is 3. The molecule has 0 spiro atoms. The quantitative estimate of drug-likeness (QED) is 0.330. The number of ether oxygens (including phenoxy) is 1. The van der Waals surface area contributed by atoms with Crippen molar-refractivity contribution in [3.8, 4) is 0 Å². The highest BCUT2D eigenvalue weighted by Crippen LogP contribution is 2.24. The fourth-order valence-corrected chi connectivity index (χ4v) is 2.76. The molecule has 2 aromatic carbocycles. The number of carbonyl (C=O) groups excluding carboxylic acids is 2. The normalized spacial score (nSPS) is 11.7. The first-order chi connectivity index (χ1) is 12.1. The number of benzene rings is 2. The van der Waals surface area contributed by atoms with Crippen molar-refractivity contribution in [2.45, 2.75) is 33.8 Å². The van der Waals surface area contributed by atoms with Crippen LogP contribution >= 0.6 is 11.6 Å². The Kier molecular flexibility index (Phi) is 5.77. The van der Waals surface area contributed by atoms with Gasteiger partial charge in [0.1, 0.15) is 0 Å². The summed E-state index contributed by atoms with van der Waals surface area (Å²) in [5.41, 5.74) is 3.06. The van der Waals surface area contributed by atoms with E-state index in [1.807, 2.05) is 26.8 Å². The summed E-state index contributed by atoms with van der Waals surface area (Å²) in [7, 11) is 0. The summed E-state index contributed by atoms with van der Waals surface area (Å²) < 4.78 is 5.22. The monoisotopic (exact) mass is 375 g/mol. The molecule has 0 radical (unpaired) electrons. The topological polar surface area (TPSA) is 86.5 Å². The average molecular weight is 376 g/mol. The van der Waals surface area contributed by atoms with Gasteiger partial charge < -0.3 is 4.74 Å². The van der Waals surface area contributed by atoms with Gasteiger partial charge in [0.2, 0.25) is 5.78 Å². The molecule has 1 unspecified atom stereocenters. The highest BCUT2D eigenvalue weighted by atomic mass is 35.5. The molecule has 0 amide bonds. The molecule has 0 saturated carbocycles. The Labute approximate surface area is 155 Å². The number of hydrogen-bond acceptors (Lipinski definition) is 5. The summed E-state index contributed by atoms with van der Waals surface area (Å²) >= 11 is 5.92. The van der Waals surface area contributed by atoms with E-state index in [1.54, 1.807) is 6.07 Å². The van der Waals surface area contributed by atoms with Crippen LogP contribution in [0.3, 0.4) is 0 Å². The molecule has 0 fully saturated rings.